The van der Waals surface area contributed by atoms with Crippen molar-refractivity contribution in [1.29, 1.82) is 0 Å². The summed E-state index contributed by atoms with van der Waals surface area (Å²) in [4.78, 5) is 5.29. The molecule has 0 bridgehead atoms. The first-order valence-corrected chi connectivity index (χ1v) is 8.30. The van der Waals surface area contributed by atoms with Gasteiger partial charge >= 0.3 is 0 Å². The number of likely N-dealkylation sites (tertiary alicyclic amines) is 2. The van der Waals surface area contributed by atoms with Gasteiger partial charge in [-0.3, -0.25) is 0 Å². The van der Waals surface area contributed by atoms with E-state index in [0.717, 1.165) is 17.9 Å². The lowest BCUT2D eigenvalue weighted by Crippen LogP contribution is -2.53. The molecule has 2 heterocycles. The average Bonchev–Trinajstić information content (AvgIpc) is 2.38. The second-order valence-electron chi connectivity index (χ2n) is 6.97. The highest BCUT2D eigenvalue weighted by atomic mass is 15.2. The molecule has 0 spiro atoms. The Balaban J connectivity index is 1.61. The molecule has 2 rings (SSSR count). The minimum atomic E-state index is 0.820. The van der Waals surface area contributed by atoms with E-state index in [9.17, 15) is 0 Å². The van der Waals surface area contributed by atoms with Crippen LogP contribution < -0.4 is 5.32 Å². The fraction of sp³-hybridized carbons (Fsp3) is 1.00. The molecule has 2 atom stereocenters. The molecule has 1 N–H and O–H groups in total. The van der Waals surface area contributed by atoms with E-state index in [1.165, 1.54) is 65.0 Å². The summed E-state index contributed by atoms with van der Waals surface area (Å²) in [6, 6.07) is 0.874. The standard InChI is InChI=1S/C16H33N3/c1-14(2)6-8-17-9-12-19-11-7-16-15(13-19)5-4-10-18(16)3/h14-17H,4-13H2,1-3H3. The molecule has 0 amide bonds. The van der Waals surface area contributed by atoms with Crippen LogP contribution in [-0.2, 0) is 0 Å². The third kappa shape index (κ3) is 4.73. The van der Waals surface area contributed by atoms with Crippen LogP contribution in [0.15, 0.2) is 0 Å². The summed E-state index contributed by atoms with van der Waals surface area (Å²) in [6.45, 7) is 12.1. The second kappa shape index (κ2) is 7.61. The molecule has 0 aliphatic carbocycles. The van der Waals surface area contributed by atoms with E-state index in [-0.39, 0.29) is 0 Å². The Labute approximate surface area is 119 Å². The van der Waals surface area contributed by atoms with Crippen LogP contribution in [0, 0.1) is 11.8 Å². The molecular weight excluding hydrogens is 234 g/mol. The van der Waals surface area contributed by atoms with Gasteiger partial charge in [-0.05, 0) is 64.2 Å². The zero-order valence-electron chi connectivity index (χ0n) is 13.2. The van der Waals surface area contributed by atoms with Crippen molar-refractivity contribution >= 4 is 0 Å². The average molecular weight is 267 g/mol. The summed E-state index contributed by atoms with van der Waals surface area (Å²) in [7, 11) is 2.32. The van der Waals surface area contributed by atoms with E-state index < -0.39 is 0 Å². The molecule has 112 valence electrons. The molecule has 0 saturated carbocycles. The van der Waals surface area contributed by atoms with Gasteiger partial charge in [0, 0.05) is 25.7 Å². The van der Waals surface area contributed by atoms with Crippen molar-refractivity contribution in [2.24, 2.45) is 11.8 Å². The smallest absolute Gasteiger partial charge is 0.0145 e. The fourth-order valence-electron chi connectivity index (χ4n) is 3.68. The Morgan fingerprint density at radius 3 is 2.79 bits per heavy atom. The van der Waals surface area contributed by atoms with Gasteiger partial charge in [0.05, 0.1) is 0 Å². The molecule has 19 heavy (non-hydrogen) atoms. The van der Waals surface area contributed by atoms with Crippen LogP contribution in [0.4, 0.5) is 0 Å². The molecule has 2 saturated heterocycles. The highest BCUT2D eigenvalue weighted by Gasteiger charge is 2.33. The first kappa shape index (κ1) is 15.3. The lowest BCUT2D eigenvalue weighted by atomic mass is 9.84. The van der Waals surface area contributed by atoms with Gasteiger partial charge in [0.15, 0.2) is 0 Å². The molecule has 3 heteroatoms. The van der Waals surface area contributed by atoms with Crippen molar-refractivity contribution in [2.75, 3.05) is 46.3 Å². The van der Waals surface area contributed by atoms with Gasteiger partial charge in [-0.15, -0.1) is 0 Å². The molecule has 3 nitrogen and oxygen atoms in total. The SMILES string of the molecule is CC(C)CCNCCN1CCC2C(CCCN2C)C1. The quantitative estimate of drug-likeness (QED) is 0.743. The van der Waals surface area contributed by atoms with Gasteiger partial charge in [-0.25, -0.2) is 0 Å². The third-order valence-corrected chi connectivity index (χ3v) is 4.93. The lowest BCUT2D eigenvalue weighted by molar-refractivity contribution is 0.0391. The van der Waals surface area contributed by atoms with Crippen LogP contribution in [-0.4, -0.2) is 62.2 Å². The Kier molecular flexibility index (Phi) is 6.11. The lowest BCUT2D eigenvalue weighted by Gasteiger charge is -2.46. The van der Waals surface area contributed by atoms with E-state index in [1.54, 1.807) is 0 Å². The monoisotopic (exact) mass is 267 g/mol. The number of rotatable bonds is 6. The van der Waals surface area contributed by atoms with E-state index in [0.29, 0.717) is 0 Å². The normalized spacial score (nSPS) is 29.7. The van der Waals surface area contributed by atoms with E-state index in [1.807, 2.05) is 0 Å². The van der Waals surface area contributed by atoms with E-state index in [2.05, 4.69) is 36.0 Å². The Morgan fingerprint density at radius 2 is 2.00 bits per heavy atom. The summed E-state index contributed by atoms with van der Waals surface area (Å²) in [6.07, 6.45) is 5.53. The first-order chi connectivity index (χ1) is 9.16. The molecule has 0 aromatic carbocycles. The summed E-state index contributed by atoms with van der Waals surface area (Å²) >= 11 is 0. The van der Waals surface area contributed by atoms with Gasteiger partial charge in [-0.1, -0.05) is 13.8 Å². The third-order valence-electron chi connectivity index (χ3n) is 4.93. The van der Waals surface area contributed by atoms with Crippen molar-refractivity contribution in [3.8, 4) is 0 Å². The maximum atomic E-state index is 3.59. The fourth-order valence-corrected chi connectivity index (χ4v) is 3.68. The van der Waals surface area contributed by atoms with Crippen LogP contribution in [0.25, 0.3) is 0 Å². The number of nitrogens with one attached hydrogen (secondary N) is 1. The number of hydrogen-bond acceptors (Lipinski definition) is 3. The zero-order valence-corrected chi connectivity index (χ0v) is 13.2. The Hall–Kier alpha value is -0.120. The van der Waals surface area contributed by atoms with Gasteiger partial charge < -0.3 is 15.1 Å². The van der Waals surface area contributed by atoms with Gasteiger partial charge in [-0.2, -0.15) is 0 Å². The maximum Gasteiger partial charge on any atom is 0.0145 e. The van der Waals surface area contributed by atoms with Crippen LogP contribution in [0.1, 0.15) is 39.5 Å². The molecule has 2 fully saturated rings. The molecular formula is C16H33N3. The largest absolute Gasteiger partial charge is 0.315 e. The molecule has 0 aromatic heterocycles. The molecule has 0 radical (unpaired) electrons. The number of nitrogens with zero attached hydrogens (tertiary/aromatic N) is 2. The topological polar surface area (TPSA) is 18.5 Å². The summed E-state index contributed by atoms with van der Waals surface area (Å²) < 4.78 is 0. The van der Waals surface area contributed by atoms with E-state index >= 15 is 0 Å². The molecule has 0 aromatic rings. The number of fused-ring (bicyclic) bond motifs is 1. The van der Waals surface area contributed by atoms with Crippen LogP contribution in [0.3, 0.4) is 0 Å². The van der Waals surface area contributed by atoms with Crippen molar-refractivity contribution < 1.29 is 0 Å². The summed E-state index contributed by atoms with van der Waals surface area (Å²) in [5.41, 5.74) is 0. The highest BCUT2D eigenvalue weighted by molar-refractivity contribution is 4.89. The van der Waals surface area contributed by atoms with Crippen molar-refractivity contribution in [3.05, 3.63) is 0 Å². The second-order valence-corrected chi connectivity index (χ2v) is 6.97. The maximum absolute atomic E-state index is 3.59. The van der Waals surface area contributed by atoms with Gasteiger partial charge in [0.2, 0.25) is 0 Å². The van der Waals surface area contributed by atoms with Crippen molar-refractivity contribution in [1.82, 2.24) is 15.1 Å². The predicted octanol–water partition coefficient (Wildman–Crippen LogP) is 2.04. The minimum absolute atomic E-state index is 0.820. The van der Waals surface area contributed by atoms with Crippen molar-refractivity contribution in [3.63, 3.8) is 0 Å². The molecule has 2 aliphatic heterocycles. The molecule has 2 aliphatic rings. The highest BCUT2D eigenvalue weighted by Crippen LogP contribution is 2.29. The summed E-state index contributed by atoms with van der Waals surface area (Å²) in [5, 5.41) is 3.59. The molecule has 2 unspecified atom stereocenters. The van der Waals surface area contributed by atoms with Crippen LogP contribution >= 0.6 is 0 Å². The zero-order chi connectivity index (χ0) is 13.7. The van der Waals surface area contributed by atoms with Crippen LogP contribution in [0.2, 0.25) is 0 Å². The van der Waals surface area contributed by atoms with Gasteiger partial charge in [0.1, 0.15) is 0 Å². The number of piperidine rings is 2. The Morgan fingerprint density at radius 1 is 1.16 bits per heavy atom. The first-order valence-electron chi connectivity index (χ1n) is 8.30. The van der Waals surface area contributed by atoms with Gasteiger partial charge in [0.25, 0.3) is 0 Å². The van der Waals surface area contributed by atoms with E-state index in [4.69, 9.17) is 0 Å². The number of hydrogen-bond donors (Lipinski definition) is 1. The Bertz CT molecular complexity index is 254. The summed E-state index contributed by atoms with van der Waals surface area (Å²) in [5.74, 6) is 1.75. The van der Waals surface area contributed by atoms with Crippen LogP contribution in [0.5, 0.6) is 0 Å². The predicted molar refractivity (Wildman–Crippen MR) is 82.5 cm³/mol. The van der Waals surface area contributed by atoms with Crippen molar-refractivity contribution in [2.45, 2.75) is 45.6 Å². The minimum Gasteiger partial charge on any atom is -0.315 e.